The molecular weight excluding hydrogens is 258 g/mol. The maximum absolute atomic E-state index is 6.11. The summed E-state index contributed by atoms with van der Waals surface area (Å²) in [4.78, 5) is 5.23. The van der Waals surface area contributed by atoms with Crippen molar-refractivity contribution in [3.8, 4) is 0 Å². The summed E-state index contributed by atoms with van der Waals surface area (Å²) in [5.74, 6) is 1.00. The summed E-state index contributed by atoms with van der Waals surface area (Å²) >= 11 is 0. The van der Waals surface area contributed by atoms with E-state index < -0.39 is 0 Å². The molecule has 21 heavy (non-hydrogen) atoms. The minimum atomic E-state index is 0.383. The second-order valence-electron chi connectivity index (χ2n) is 6.89. The Kier molecular flexibility index (Phi) is 4.63. The summed E-state index contributed by atoms with van der Waals surface area (Å²) in [7, 11) is 0. The predicted octanol–water partition coefficient (Wildman–Crippen LogP) is 2.33. The quantitative estimate of drug-likeness (QED) is 0.902. The van der Waals surface area contributed by atoms with E-state index >= 15 is 0 Å². The molecule has 0 aromatic heterocycles. The van der Waals surface area contributed by atoms with Crippen LogP contribution in [0.4, 0.5) is 0 Å². The molecule has 3 heteroatoms. The Balaban J connectivity index is 1.63. The molecule has 1 unspecified atom stereocenters. The van der Waals surface area contributed by atoms with Gasteiger partial charge < -0.3 is 10.6 Å². The van der Waals surface area contributed by atoms with Gasteiger partial charge in [0.2, 0.25) is 0 Å². The van der Waals surface area contributed by atoms with E-state index in [1.54, 1.807) is 0 Å². The van der Waals surface area contributed by atoms with E-state index in [4.69, 9.17) is 5.73 Å². The van der Waals surface area contributed by atoms with E-state index in [-0.39, 0.29) is 0 Å². The Morgan fingerprint density at radius 2 is 1.86 bits per heavy atom. The van der Waals surface area contributed by atoms with Crippen molar-refractivity contribution in [1.29, 1.82) is 0 Å². The van der Waals surface area contributed by atoms with Gasteiger partial charge in [0.1, 0.15) is 0 Å². The van der Waals surface area contributed by atoms with Gasteiger partial charge in [-0.15, -0.1) is 0 Å². The van der Waals surface area contributed by atoms with Crippen LogP contribution < -0.4 is 5.73 Å². The average molecular weight is 287 g/mol. The zero-order valence-electron chi connectivity index (χ0n) is 13.5. The highest BCUT2D eigenvalue weighted by Gasteiger charge is 2.29. The highest BCUT2D eigenvalue weighted by molar-refractivity contribution is 5.33. The van der Waals surface area contributed by atoms with Crippen LogP contribution in [-0.2, 0) is 0 Å². The van der Waals surface area contributed by atoms with E-state index in [2.05, 4.69) is 41.8 Å². The molecule has 0 bridgehead atoms. The molecule has 2 fully saturated rings. The Bertz CT molecular complexity index is 473. The van der Waals surface area contributed by atoms with Gasteiger partial charge in [0.15, 0.2) is 0 Å². The van der Waals surface area contributed by atoms with Gasteiger partial charge in [-0.05, 0) is 43.7 Å². The van der Waals surface area contributed by atoms with Crippen molar-refractivity contribution in [3.05, 3.63) is 34.9 Å². The summed E-state index contributed by atoms with van der Waals surface area (Å²) in [6.45, 7) is 11.1. The number of nitrogens with two attached hydrogens (primary N) is 1. The molecule has 2 aliphatic rings. The van der Waals surface area contributed by atoms with Gasteiger partial charge >= 0.3 is 0 Å². The molecule has 1 saturated carbocycles. The fourth-order valence-electron chi connectivity index (χ4n) is 3.60. The van der Waals surface area contributed by atoms with Crippen molar-refractivity contribution in [2.45, 2.75) is 32.7 Å². The lowest BCUT2D eigenvalue weighted by Gasteiger charge is -2.39. The minimum absolute atomic E-state index is 0.383. The Morgan fingerprint density at radius 1 is 1.14 bits per heavy atom. The van der Waals surface area contributed by atoms with Crippen LogP contribution in [-0.4, -0.2) is 49.1 Å². The fourth-order valence-corrected chi connectivity index (χ4v) is 3.60. The van der Waals surface area contributed by atoms with Crippen LogP contribution in [0.1, 0.15) is 35.6 Å². The van der Waals surface area contributed by atoms with Crippen LogP contribution >= 0.6 is 0 Å². The third-order valence-corrected chi connectivity index (χ3v) is 5.07. The van der Waals surface area contributed by atoms with Crippen LogP contribution in [0.2, 0.25) is 0 Å². The molecule has 3 nitrogen and oxygen atoms in total. The fraction of sp³-hybridized carbons (Fsp3) is 0.667. The normalized spacial score (nSPS) is 22.4. The van der Waals surface area contributed by atoms with Crippen molar-refractivity contribution in [2.75, 3.05) is 39.3 Å². The van der Waals surface area contributed by atoms with Gasteiger partial charge in [0.25, 0.3) is 0 Å². The minimum Gasteiger partial charge on any atom is -0.329 e. The van der Waals surface area contributed by atoms with Crippen LogP contribution in [0.15, 0.2) is 18.2 Å². The topological polar surface area (TPSA) is 32.5 Å². The highest BCUT2D eigenvalue weighted by atomic mass is 15.3. The smallest absolute Gasteiger partial charge is 0.0474 e. The van der Waals surface area contributed by atoms with E-state index in [1.807, 2.05) is 0 Å². The van der Waals surface area contributed by atoms with Crippen molar-refractivity contribution < 1.29 is 0 Å². The Labute approximate surface area is 129 Å². The average Bonchev–Trinajstić information content (AvgIpc) is 3.27. The molecule has 0 radical (unpaired) electrons. The zero-order valence-corrected chi connectivity index (χ0v) is 13.5. The number of hydrogen-bond donors (Lipinski definition) is 1. The number of benzene rings is 1. The first kappa shape index (κ1) is 15.0. The number of hydrogen-bond acceptors (Lipinski definition) is 3. The highest BCUT2D eigenvalue weighted by Crippen LogP contribution is 2.31. The number of rotatable bonds is 5. The van der Waals surface area contributed by atoms with Crippen LogP contribution in [0.25, 0.3) is 0 Å². The van der Waals surface area contributed by atoms with Crippen LogP contribution in [0, 0.1) is 19.8 Å². The molecule has 116 valence electrons. The van der Waals surface area contributed by atoms with E-state index in [0.29, 0.717) is 12.6 Å². The SMILES string of the molecule is Cc1ccc(C(CN)N2CCN(CC3CC3)CC2)c(C)c1. The molecule has 1 aromatic rings. The van der Waals surface area contributed by atoms with E-state index in [1.165, 1.54) is 49.2 Å². The number of nitrogens with zero attached hydrogens (tertiary/aromatic N) is 2. The van der Waals surface area contributed by atoms with Gasteiger partial charge in [0, 0.05) is 45.3 Å². The molecule has 2 N–H and O–H groups in total. The van der Waals surface area contributed by atoms with Crippen molar-refractivity contribution >= 4 is 0 Å². The molecule has 1 aromatic carbocycles. The summed E-state index contributed by atoms with van der Waals surface area (Å²) in [5.41, 5.74) is 10.2. The maximum Gasteiger partial charge on any atom is 0.0474 e. The van der Waals surface area contributed by atoms with Crippen molar-refractivity contribution in [3.63, 3.8) is 0 Å². The monoisotopic (exact) mass is 287 g/mol. The second kappa shape index (κ2) is 6.47. The zero-order chi connectivity index (χ0) is 14.8. The molecule has 1 heterocycles. The number of aryl methyl sites for hydroxylation is 2. The first-order valence-electron chi connectivity index (χ1n) is 8.41. The van der Waals surface area contributed by atoms with Crippen molar-refractivity contribution in [2.24, 2.45) is 11.7 Å². The van der Waals surface area contributed by atoms with E-state index in [9.17, 15) is 0 Å². The van der Waals surface area contributed by atoms with Gasteiger partial charge in [-0.1, -0.05) is 23.8 Å². The Morgan fingerprint density at radius 3 is 2.43 bits per heavy atom. The first-order valence-corrected chi connectivity index (χ1v) is 8.41. The largest absolute Gasteiger partial charge is 0.329 e. The Hall–Kier alpha value is -0.900. The summed E-state index contributed by atoms with van der Waals surface area (Å²) in [5, 5.41) is 0. The molecule has 1 saturated heterocycles. The third kappa shape index (κ3) is 3.65. The lowest BCUT2D eigenvalue weighted by atomic mass is 9.97. The second-order valence-corrected chi connectivity index (χ2v) is 6.89. The van der Waals surface area contributed by atoms with Gasteiger partial charge in [0.05, 0.1) is 0 Å². The van der Waals surface area contributed by atoms with Gasteiger partial charge in [-0.3, -0.25) is 4.90 Å². The lowest BCUT2D eigenvalue weighted by Crippen LogP contribution is -2.49. The number of piperazine rings is 1. The first-order chi connectivity index (χ1) is 10.2. The van der Waals surface area contributed by atoms with Gasteiger partial charge in [-0.25, -0.2) is 0 Å². The molecule has 0 spiro atoms. The summed E-state index contributed by atoms with van der Waals surface area (Å²) in [6.07, 6.45) is 2.91. The van der Waals surface area contributed by atoms with Crippen LogP contribution in [0.3, 0.4) is 0 Å². The molecule has 1 aliphatic heterocycles. The lowest BCUT2D eigenvalue weighted by molar-refractivity contribution is 0.0953. The maximum atomic E-state index is 6.11. The molecule has 3 rings (SSSR count). The predicted molar refractivity (Wildman–Crippen MR) is 88.4 cm³/mol. The standard InChI is InChI=1S/C18H29N3/c1-14-3-6-17(15(2)11-14)18(12-19)21-9-7-20(8-10-21)13-16-4-5-16/h3,6,11,16,18H,4-5,7-10,12-13,19H2,1-2H3. The van der Waals surface area contributed by atoms with Gasteiger partial charge in [-0.2, -0.15) is 0 Å². The summed E-state index contributed by atoms with van der Waals surface area (Å²) in [6, 6.07) is 7.16. The van der Waals surface area contributed by atoms with Crippen molar-refractivity contribution in [1.82, 2.24) is 9.80 Å². The molecular formula is C18H29N3. The van der Waals surface area contributed by atoms with Crippen LogP contribution in [0.5, 0.6) is 0 Å². The summed E-state index contributed by atoms with van der Waals surface area (Å²) < 4.78 is 0. The molecule has 0 amide bonds. The molecule has 1 aliphatic carbocycles. The molecule has 1 atom stereocenters. The third-order valence-electron chi connectivity index (χ3n) is 5.07. The van der Waals surface area contributed by atoms with E-state index in [0.717, 1.165) is 19.0 Å².